The molecule has 4 heteroatoms. The van der Waals surface area contributed by atoms with Crippen molar-refractivity contribution in [1.29, 1.82) is 0 Å². The number of thioether (sulfide) groups is 1. The van der Waals surface area contributed by atoms with Crippen molar-refractivity contribution in [2.45, 2.75) is 18.6 Å². The van der Waals surface area contributed by atoms with Gasteiger partial charge in [0.1, 0.15) is 0 Å². The fraction of sp³-hybridized carbons (Fsp3) is 0.462. The van der Waals surface area contributed by atoms with Gasteiger partial charge in [0.15, 0.2) is 0 Å². The van der Waals surface area contributed by atoms with Crippen molar-refractivity contribution in [2.75, 3.05) is 18.8 Å². The average molecular weight is 361 g/mol. The summed E-state index contributed by atoms with van der Waals surface area (Å²) < 4.78 is 1.21. The lowest BCUT2D eigenvalue weighted by atomic mass is 10.1. The highest BCUT2D eigenvalue weighted by atomic mass is 127. The molecule has 1 aromatic rings. The highest BCUT2D eigenvalue weighted by molar-refractivity contribution is 14.1. The smallest absolute Gasteiger partial charge is 0.255 e. The minimum absolute atomic E-state index is 0.170. The summed E-state index contributed by atoms with van der Waals surface area (Å²) in [6.45, 7) is 6.10. The number of benzene rings is 1. The lowest BCUT2D eigenvalue weighted by Crippen LogP contribution is -2.46. The molecule has 1 heterocycles. The van der Waals surface area contributed by atoms with E-state index in [1.54, 1.807) is 0 Å². The Morgan fingerprint density at radius 1 is 1.41 bits per heavy atom. The van der Waals surface area contributed by atoms with Crippen LogP contribution >= 0.6 is 34.4 Å². The predicted octanol–water partition coefficient (Wildman–Crippen LogP) is 3.26. The number of halogens is 1. The molecule has 1 saturated heterocycles. The number of nitrogens with zero attached hydrogens (tertiary/aromatic N) is 1. The second-order valence-electron chi connectivity index (χ2n) is 4.81. The maximum atomic E-state index is 12.4. The largest absolute Gasteiger partial charge is 0.336 e. The van der Waals surface area contributed by atoms with E-state index in [9.17, 15) is 4.79 Å². The quantitative estimate of drug-likeness (QED) is 0.716. The number of hydrogen-bond donors (Lipinski definition) is 0. The van der Waals surface area contributed by atoms with Gasteiger partial charge in [-0.05, 0) is 48.6 Å². The molecule has 1 fully saturated rings. The molecule has 0 unspecified atom stereocenters. The number of carbonyl (C=O) groups is 1. The summed E-state index contributed by atoms with van der Waals surface area (Å²) in [6.07, 6.45) is 0. The van der Waals surface area contributed by atoms with E-state index < -0.39 is 0 Å². The van der Waals surface area contributed by atoms with Gasteiger partial charge in [-0.3, -0.25) is 4.79 Å². The predicted molar refractivity (Wildman–Crippen MR) is 81.6 cm³/mol. The Hall–Kier alpha value is -0.230. The molecule has 2 rings (SSSR count). The van der Waals surface area contributed by atoms with Crippen molar-refractivity contribution in [3.8, 4) is 0 Å². The molecule has 1 aliphatic heterocycles. The second kappa shape index (κ2) is 5.18. The number of carbonyl (C=O) groups excluding carboxylic acids is 1. The first kappa shape index (κ1) is 13.2. The molecule has 0 bridgehead atoms. The number of rotatable bonds is 1. The summed E-state index contributed by atoms with van der Waals surface area (Å²) in [7, 11) is 0. The zero-order valence-corrected chi connectivity index (χ0v) is 13.0. The van der Waals surface area contributed by atoms with E-state index >= 15 is 0 Å². The van der Waals surface area contributed by atoms with Crippen LogP contribution in [0.25, 0.3) is 0 Å². The minimum Gasteiger partial charge on any atom is -0.336 e. The molecular formula is C13H16INOS. The molecule has 1 aromatic carbocycles. The minimum atomic E-state index is 0.170. The first-order chi connectivity index (χ1) is 7.99. The van der Waals surface area contributed by atoms with Gasteiger partial charge in [0.05, 0.1) is 5.56 Å². The maximum absolute atomic E-state index is 12.4. The first-order valence-electron chi connectivity index (χ1n) is 5.67. The molecule has 0 aromatic heterocycles. The zero-order chi connectivity index (χ0) is 12.5. The highest BCUT2D eigenvalue weighted by Gasteiger charge is 2.30. The fourth-order valence-electron chi connectivity index (χ4n) is 1.99. The molecule has 0 N–H and O–H groups in total. The highest BCUT2D eigenvalue weighted by Crippen LogP contribution is 2.30. The monoisotopic (exact) mass is 361 g/mol. The Kier molecular flexibility index (Phi) is 4.02. The summed E-state index contributed by atoms with van der Waals surface area (Å²) in [5.41, 5.74) is 0.829. The molecule has 2 nitrogen and oxygen atoms in total. The number of hydrogen-bond acceptors (Lipinski definition) is 2. The van der Waals surface area contributed by atoms with Crippen LogP contribution in [-0.4, -0.2) is 34.4 Å². The van der Waals surface area contributed by atoms with E-state index in [0.29, 0.717) is 0 Å². The van der Waals surface area contributed by atoms with Crippen molar-refractivity contribution in [3.63, 3.8) is 0 Å². The van der Waals surface area contributed by atoms with Crippen LogP contribution in [-0.2, 0) is 0 Å². The topological polar surface area (TPSA) is 20.3 Å². The van der Waals surface area contributed by atoms with Gasteiger partial charge in [0, 0.05) is 27.2 Å². The molecule has 1 amide bonds. The SMILES string of the molecule is CC1(C)CN(C(=O)c2ccccc2I)CCS1. The third kappa shape index (κ3) is 3.16. The summed E-state index contributed by atoms with van der Waals surface area (Å²) in [5, 5.41) is 0. The Morgan fingerprint density at radius 3 is 2.76 bits per heavy atom. The molecular weight excluding hydrogens is 345 g/mol. The molecule has 0 atom stereocenters. The normalized spacial score (nSPS) is 19.1. The van der Waals surface area contributed by atoms with Crippen LogP contribution in [0, 0.1) is 3.57 Å². The first-order valence-corrected chi connectivity index (χ1v) is 7.74. The van der Waals surface area contributed by atoms with E-state index in [-0.39, 0.29) is 10.7 Å². The molecule has 0 spiro atoms. The van der Waals surface area contributed by atoms with Gasteiger partial charge in [-0.25, -0.2) is 0 Å². The Labute approximate surface area is 120 Å². The molecule has 0 radical (unpaired) electrons. The van der Waals surface area contributed by atoms with Crippen molar-refractivity contribution in [1.82, 2.24) is 4.90 Å². The van der Waals surface area contributed by atoms with Gasteiger partial charge < -0.3 is 4.90 Å². The second-order valence-corrected chi connectivity index (χ2v) is 7.78. The standard InChI is InChI=1S/C13H16INOS/c1-13(2)9-15(7-8-17-13)12(16)10-5-3-4-6-11(10)14/h3-6H,7-9H2,1-2H3. The van der Waals surface area contributed by atoms with Crippen molar-refractivity contribution in [3.05, 3.63) is 33.4 Å². The lowest BCUT2D eigenvalue weighted by molar-refractivity contribution is 0.0747. The molecule has 0 aliphatic carbocycles. The van der Waals surface area contributed by atoms with Gasteiger partial charge in [-0.1, -0.05) is 12.1 Å². The Balaban J connectivity index is 2.18. The molecule has 1 aliphatic rings. The van der Waals surface area contributed by atoms with Gasteiger partial charge >= 0.3 is 0 Å². The summed E-state index contributed by atoms with van der Waals surface area (Å²) in [4.78, 5) is 14.4. The van der Waals surface area contributed by atoms with Crippen LogP contribution in [0.4, 0.5) is 0 Å². The number of amides is 1. The van der Waals surface area contributed by atoms with Crippen LogP contribution < -0.4 is 0 Å². The summed E-state index contributed by atoms with van der Waals surface area (Å²) in [6, 6.07) is 7.80. The van der Waals surface area contributed by atoms with Crippen molar-refractivity contribution in [2.24, 2.45) is 0 Å². The Morgan fingerprint density at radius 2 is 2.12 bits per heavy atom. The van der Waals surface area contributed by atoms with E-state index in [0.717, 1.165) is 28.0 Å². The van der Waals surface area contributed by atoms with Crippen LogP contribution in [0.2, 0.25) is 0 Å². The third-order valence-electron chi connectivity index (χ3n) is 2.82. The van der Waals surface area contributed by atoms with Gasteiger partial charge in [0.25, 0.3) is 5.91 Å². The van der Waals surface area contributed by atoms with Crippen molar-refractivity contribution < 1.29 is 4.79 Å². The summed E-state index contributed by atoms with van der Waals surface area (Å²) in [5.74, 6) is 1.20. The maximum Gasteiger partial charge on any atom is 0.255 e. The fourth-order valence-corrected chi connectivity index (χ4v) is 3.72. The van der Waals surface area contributed by atoms with Crippen molar-refractivity contribution >= 4 is 40.3 Å². The van der Waals surface area contributed by atoms with Crippen LogP contribution in [0.5, 0.6) is 0 Å². The van der Waals surface area contributed by atoms with Gasteiger partial charge in [-0.2, -0.15) is 11.8 Å². The molecule has 17 heavy (non-hydrogen) atoms. The van der Waals surface area contributed by atoms with E-state index in [1.807, 2.05) is 40.9 Å². The van der Waals surface area contributed by atoms with E-state index in [2.05, 4.69) is 36.4 Å². The van der Waals surface area contributed by atoms with E-state index in [1.165, 1.54) is 0 Å². The average Bonchev–Trinajstić information content (AvgIpc) is 2.27. The van der Waals surface area contributed by atoms with Crippen LogP contribution in [0.1, 0.15) is 24.2 Å². The van der Waals surface area contributed by atoms with Gasteiger partial charge in [0.2, 0.25) is 0 Å². The van der Waals surface area contributed by atoms with Gasteiger partial charge in [-0.15, -0.1) is 0 Å². The van der Waals surface area contributed by atoms with Crippen LogP contribution in [0.3, 0.4) is 0 Å². The molecule has 0 saturated carbocycles. The lowest BCUT2D eigenvalue weighted by Gasteiger charge is -2.37. The Bertz CT molecular complexity index is 433. The zero-order valence-electron chi connectivity index (χ0n) is 10.1. The summed E-state index contributed by atoms with van der Waals surface area (Å²) >= 11 is 4.17. The van der Waals surface area contributed by atoms with E-state index in [4.69, 9.17) is 0 Å². The third-order valence-corrected chi connectivity index (χ3v) is 5.06. The van der Waals surface area contributed by atoms with Crippen LogP contribution in [0.15, 0.2) is 24.3 Å². The molecule has 92 valence electrons.